The van der Waals surface area contributed by atoms with E-state index in [9.17, 15) is 0 Å². The average Bonchev–Trinajstić information content (AvgIpc) is 2.76. The fourth-order valence-corrected chi connectivity index (χ4v) is 1.76. The van der Waals surface area contributed by atoms with Crippen LogP contribution in [0.25, 0.3) is 5.95 Å². The Morgan fingerprint density at radius 3 is 2.71 bits per heavy atom. The van der Waals surface area contributed by atoms with Crippen LogP contribution in [0.5, 0.6) is 0 Å². The van der Waals surface area contributed by atoms with Crippen molar-refractivity contribution >= 4 is 0 Å². The van der Waals surface area contributed by atoms with Crippen LogP contribution in [0.2, 0.25) is 0 Å². The van der Waals surface area contributed by atoms with Crippen LogP contribution in [0.3, 0.4) is 0 Å². The molecule has 2 aromatic rings. The summed E-state index contributed by atoms with van der Waals surface area (Å²) in [5, 5.41) is 0. The molecule has 0 spiro atoms. The Labute approximate surface area is 102 Å². The topological polar surface area (TPSA) is 43.6 Å². The molecule has 0 saturated heterocycles. The van der Waals surface area contributed by atoms with Crippen LogP contribution >= 0.6 is 0 Å². The van der Waals surface area contributed by atoms with Crippen LogP contribution < -0.4 is 0 Å². The van der Waals surface area contributed by atoms with Crippen molar-refractivity contribution in [2.45, 2.75) is 40.0 Å². The minimum absolute atomic E-state index is 0.407. The highest BCUT2D eigenvalue weighted by atomic mass is 15.2. The van der Waals surface area contributed by atoms with Gasteiger partial charge in [0.2, 0.25) is 5.95 Å². The van der Waals surface area contributed by atoms with E-state index >= 15 is 0 Å². The third kappa shape index (κ3) is 2.35. The predicted octanol–water partition coefficient (Wildman–Crippen LogP) is 2.66. The molecule has 0 aromatic carbocycles. The summed E-state index contributed by atoms with van der Waals surface area (Å²) in [6.45, 7) is 8.36. The first-order chi connectivity index (χ1) is 8.11. The number of aryl methyl sites for hydroxylation is 2. The molecule has 0 saturated carbocycles. The molecule has 4 heteroatoms. The molecular formula is C13H18N4. The maximum absolute atomic E-state index is 4.60. The fraction of sp³-hybridized carbons (Fsp3) is 0.462. The zero-order valence-electron chi connectivity index (χ0n) is 10.8. The van der Waals surface area contributed by atoms with Gasteiger partial charge < -0.3 is 0 Å². The Kier molecular flexibility index (Phi) is 3.22. The molecular weight excluding hydrogens is 212 g/mol. The Balaban J connectivity index is 2.52. The molecule has 2 heterocycles. The first kappa shape index (κ1) is 11.8. The van der Waals surface area contributed by atoms with Gasteiger partial charge in [-0.3, -0.25) is 4.57 Å². The summed E-state index contributed by atoms with van der Waals surface area (Å²) in [6, 6.07) is 2.04. The van der Waals surface area contributed by atoms with E-state index in [1.165, 1.54) is 0 Å². The van der Waals surface area contributed by atoms with E-state index in [1.807, 2.05) is 23.8 Å². The van der Waals surface area contributed by atoms with Crippen LogP contribution in [0, 0.1) is 6.92 Å². The highest BCUT2D eigenvalue weighted by Gasteiger charge is 2.09. The Morgan fingerprint density at radius 1 is 1.29 bits per heavy atom. The first-order valence-electron chi connectivity index (χ1n) is 6.00. The van der Waals surface area contributed by atoms with Gasteiger partial charge in [-0.1, -0.05) is 20.8 Å². The molecule has 0 aliphatic rings. The summed E-state index contributed by atoms with van der Waals surface area (Å²) >= 11 is 0. The summed E-state index contributed by atoms with van der Waals surface area (Å²) in [6.07, 6.45) is 4.58. The summed E-state index contributed by atoms with van der Waals surface area (Å²) in [7, 11) is 0. The molecule has 4 nitrogen and oxygen atoms in total. The number of nitrogens with zero attached hydrogens (tertiary/aromatic N) is 4. The summed E-state index contributed by atoms with van der Waals surface area (Å²) in [5.41, 5.74) is 2.07. The van der Waals surface area contributed by atoms with Crippen molar-refractivity contribution in [2.24, 2.45) is 0 Å². The molecule has 2 aromatic heterocycles. The van der Waals surface area contributed by atoms with Gasteiger partial charge in [0.1, 0.15) is 5.82 Å². The smallest absolute Gasteiger partial charge is 0.235 e. The Bertz CT molecular complexity index is 514. The molecule has 0 radical (unpaired) electrons. The van der Waals surface area contributed by atoms with Crippen LogP contribution in [0.1, 0.15) is 43.9 Å². The van der Waals surface area contributed by atoms with Gasteiger partial charge in [-0.2, -0.15) is 0 Å². The molecule has 0 amide bonds. The lowest BCUT2D eigenvalue weighted by Crippen LogP contribution is -2.08. The van der Waals surface area contributed by atoms with Gasteiger partial charge >= 0.3 is 0 Å². The van der Waals surface area contributed by atoms with Gasteiger partial charge in [0.15, 0.2) is 0 Å². The largest absolute Gasteiger partial charge is 0.272 e. The molecule has 0 unspecified atom stereocenters. The van der Waals surface area contributed by atoms with E-state index in [0.29, 0.717) is 5.92 Å². The molecule has 0 aliphatic heterocycles. The van der Waals surface area contributed by atoms with Crippen molar-refractivity contribution in [3.63, 3.8) is 0 Å². The molecule has 2 rings (SSSR count). The van der Waals surface area contributed by atoms with E-state index in [0.717, 1.165) is 29.6 Å². The standard InChI is InChI=1S/C13H18N4/c1-5-12-14-6-7-17(12)13-15-10(4)8-11(16-13)9(2)3/h6-9H,5H2,1-4H3. The van der Waals surface area contributed by atoms with Crippen molar-refractivity contribution in [1.82, 2.24) is 19.5 Å². The van der Waals surface area contributed by atoms with Crippen molar-refractivity contribution < 1.29 is 0 Å². The van der Waals surface area contributed by atoms with Crippen LogP contribution in [0.15, 0.2) is 18.5 Å². The second-order valence-corrected chi connectivity index (χ2v) is 4.46. The van der Waals surface area contributed by atoms with Gasteiger partial charge in [0.05, 0.1) is 0 Å². The zero-order valence-corrected chi connectivity index (χ0v) is 10.8. The van der Waals surface area contributed by atoms with Gasteiger partial charge in [-0.25, -0.2) is 15.0 Å². The van der Waals surface area contributed by atoms with Crippen molar-refractivity contribution in [3.8, 4) is 5.95 Å². The van der Waals surface area contributed by atoms with Gasteiger partial charge in [-0.15, -0.1) is 0 Å². The van der Waals surface area contributed by atoms with Gasteiger partial charge in [0, 0.05) is 30.2 Å². The first-order valence-corrected chi connectivity index (χ1v) is 6.00. The Hall–Kier alpha value is -1.71. The fourth-order valence-electron chi connectivity index (χ4n) is 1.76. The Morgan fingerprint density at radius 2 is 2.06 bits per heavy atom. The van der Waals surface area contributed by atoms with E-state index < -0.39 is 0 Å². The number of hydrogen-bond donors (Lipinski definition) is 0. The molecule has 0 N–H and O–H groups in total. The third-order valence-electron chi connectivity index (χ3n) is 2.70. The van der Waals surface area contributed by atoms with E-state index in [1.54, 1.807) is 6.20 Å². The van der Waals surface area contributed by atoms with Crippen molar-refractivity contribution in [3.05, 3.63) is 35.7 Å². The molecule has 90 valence electrons. The van der Waals surface area contributed by atoms with Gasteiger partial charge in [0.25, 0.3) is 0 Å². The van der Waals surface area contributed by atoms with E-state index in [2.05, 4.69) is 35.7 Å². The minimum atomic E-state index is 0.407. The van der Waals surface area contributed by atoms with Crippen molar-refractivity contribution in [2.75, 3.05) is 0 Å². The second kappa shape index (κ2) is 4.65. The monoisotopic (exact) mass is 230 g/mol. The van der Waals surface area contributed by atoms with Crippen molar-refractivity contribution in [1.29, 1.82) is 0 Å². The number of rotatable bonds is 3. The number of aromatic nitrogens is 4. The summed E-state index contributed by atoms with van der Waals surface area (Å²) in [5.74, 6) is 2.12. The highest BCUT2D eigenvalue weighted by Crippen LogP contribution is 2.15. The summed E-state index contributed by atoms with van der Waals surface area (Å²) < 4.78 is 1.96. The third-order valence-corrected chi connectivity index (χ3v) is 2.70. The minimum Gasteiger partial charge on any atom is -0.272 e. The lowest BCUT2D eigenvalue weighted by atomic mass is 10.1. The quantitative estimate of drug-likeness (QED) is 0.814. The predicted molar refractivity (Wildman–Crippen MR) is 67.4 cm³/mol. The van der Waals surface area contributed by atoms with Crippen LogP contribution in [-0.2, 0) is 6.42 Å². The lowest BCUT2D eigenvalue weighted by Gasteiger charge is -2.10. The lowest BCUT2D eigenvalue weighted by molar-refractivity contribution is 0.767. The molecule has 0 fully saturated rings. The maximum Gasteiger partial charge on any atom is 0.235 e. The van der Waals surface area contributed by atoms with E-state index in [-0.39, 0.29) is 0 Å². The average molecular weight is 230 g/mol. The molecule has 0 atom stereocenters. The highest BCUT2D eigenvalue weighted by molar-refractivity contribution is 5.22. The SMILES string of the molecule is CCc1nccn1-c1nc(C)cc(C(C)C)n1. The van der Waals surface area contributed by atoms with Crippen LogP contribution in [-0.4, -0.2) is 19.5 Å². The molecule has 0 aliphatic carbocycles. The molecule has 17 heavy (non-hydrogen) atoms. The normalized spacial score (nSPS) is 11.1. The second-order valence-electron chi connectivity index (χ2n) is 4.46. The maximum atomic E-state index is 4.60. The van der Waals surface area contributed by atoms with E-state index in [4.69, 9.17) is 0 Å². The molecule has 0 bridgehead atoms. The van der Waals surface area contributed by atoms with Gasteiger partial charge in [-0.05, 0) is 18.9 Å². The summed E-state index contributed by atoms with van der Waals surface area (Å²) in [4.78, 5) is 13.4. The number of imidazole rings is 1. The van der Waals surface area contributed by atoms with Crippen LogP contribution in [0.4, 0.5) is 0 Å². The zero-order chi connectivity index (χ0) is 12.4. The number of hydrogen-bond acceptors (Lipinski definition) is 3.